The van der Waals surface area contributed by atoms with Crippen LogP contribution < -0.4 is 4.74 Å². The summed E-state index contributed by atoms with van der Waals surface area (Å²) >= 11 is 0. The highest BCUT2D eigenvalue weighted by molar-refractivity contribution is 5.79. The van der Waals surface area contributed by atoms with E-state index < -0.39 is 11.5 Å². The van der Waals surface area contributed by atoms with Crippen molar-refractivity contribution in [2.75, 3.05) is 20.2 Å². The van der Waals surface area contributed by atoms with Gasteiger partial charge in [-0.15, -0.1) is 0 Å². The van der Waals surface area contributed by atoms with Crippen LogP contribution in [0.2, 0.25) is 0 Å². The molecule has 0 amide bonds. The third kappa shape index (κ3) is 2.73. The highest BCUT2D eigenvalue weighted by atomic mass is 16.5. The molecule has 1 aliphatic heterocycles. The molecule has 0 bridgehead atoms. The highest BCUT2D eigenvalue weighted by Gasteiger charge is 2.41. The topological polar surface area (TPSA) is 49.8 Å². The second-order valence-electron chi connectivity index (χ2n) is 5.26. The Kier molecular flexibility index (Phi) is 4.10. The Balaban J connectivity index is 2.27. The molecule has 0 aromatic heterocycles. The smallest absolute Gasteiger partial charge is 0.324 e. The lowest BCUT2D eigenvalue weighted by Crippen LogP contribution is -2.52. The van der Waals surface area contributed by atoms with Crippen LogP contribution in [0.5, 0.6) is 5.75 Å². The first kappa shape index (κ1) is 13.9. The average Bonchev–Trinajstić information content (AvgIpc) is 2.93. The van der Waals surface area contributed by atoms with Gasteiger partial charge in [-0.3, -0.25) is 9.69 Å². The van der Waals surface area contributed by atoms with Gasteiger partial charge in [0.25, 0.3) is 0 Å². The SMILES string of the molecule is COc1ccccc1CC(C)(C(=O)O)N1CCCC1. The maximum Gasteiger partial charge on any atom is 0.324 e. The molecule has 1 aromatic carbocycles. The summed E-state index contributed by atoms with van der Waals surface area (Å²) in [7, 11) is 1.62. The molecule has 1 fully saturated rings. The van der Waals surface area contributed by atoms with Crippen LogP contribution in [0.15, 0.2) is 24.3 Å². The number of carboxylic acids is 1. The predicted octanol–water partition coefficient (Wildman–Crippen LogP) is 2.18. The van der Waals surface area contributed by atoms with Crippen LogP contribution in [0.1, 0.15) is 25.3 Å². The Morgan fingerprint density at radius 3 is 2.58 bits per heavy atom. The number of hydrogen-bond donors (Lipinski definition) is 1. The first-order chi connectivity index (χ1) is 9.08. The van der Waals surface area contributed by atoms with Gasteiger partial charge >= 0.3 is 5.97 Å². The molecule has 1 saturated heterocycles. The lowest BCUT2D eigenvalue weighted by Gasteiger charge is -2.35. The summed E-state index contributed by atoms with van der Waals surface area (Å²) in [5, 5.41) is 9.64. The van der Waals surface area contributed by atoms with Crippen molar-refractivity contribution >= 4 is 5.97 Å². The van der Waals surface area contributed by atoms with Crippen LogP contribution in [0.25, 0.3) is 0 Å². The monoisotopic (exact) mass is 263 g/mol. The summed E-state index contributed by atoms with van der Waals surface area (Å²) in [4.78, 5) is 13.8. The third-order valence-electron chi connectivity index (χ3n) is 3.99. The number of benzene rings is 1. The number of likely N-dealkylation sites (tertiary alicyclic amines) is 1. The van der Waals surface area contributed by atoms with Crippen molar-refractivity contribution < 1.29 is 14.6 Å². The fourth-order valence-electron chi connectivity index (χ4n) is 2.75. The van der Waals surface area contributed by atoms with Gasteiger partial charge in [0.05, 0.1) is 7.11 Å². The molecule has 1 atom stereocenters. The van der Waals surface area contributed by atoms with E-state index in [-0.39, 0.29) is 0 Å². The van der Waals surface area contributed by atoms with Crippen molar-refractivity contribution in [2.45, 2.75) is 31.7 Å². The number of hydrogen-bond acceptors (Lipinski definition) is 3. The van der Waals surface area contributed by atoms with E-state index in [0.717, 1.165) is 37.2 Å². The van der Waals surface area contributed by atoms with Crippen LogP contribution in [0, 0.1) is 0 Å². The molecule has 1 aliphatic rings. The second kappa shape index (κ2) is 5.61. The molecule has 0 aliphatic carbocycles. The minimum atomic E-state index is -0.856. The van der Waals surface area contributed by atoms with Gasteiger partial charge in [-0.2, -0.15) is 0 Å². The van der Waals surface area contributed by atoms with Crippen molar-refractivity contribution in [1.29, 1.82) is 0 Å². The summed E-state index contributed by atoms with van der Waals surface area (Å²) in [6.07, 6.45) is 2.62. The van der Waals surface area contributed by atoms with Crippen LogP contribution in [-0.4, -0.2) is 41.7 Å². The van der Waals surface area contributed by atoms with E-state index in [1.165, 1.54) is 0 Å². The molecule has 1 aromatic rings. The largest absolute Gasteiger partial charge is 0.496 e. The zero-order valence-corrected chi connectivity index (χ0v) is 11.6. The number of ether oxygens (including phenoxy) is 1. The van der Waals surface area contributed by atoms with Crippen LogP contribution >= 0.6 is 0 Å². The Morgan fingerprint density at radius 1 is 1.37 bits per heavy atom. The Hall–Kier alpha value is -1.55. The molecule has 2 rings (SSSR count). The molecule has 1 heterocycles. The molecular formula is C15H21NO3. The zero-order chi connectivity index (χ0) is 13.9. The number of aliphatic carboxylic acids is 1. The summed E-state index contributed by atoms with van der Waals surface area (Å²) in [5.74, 6) is -0.00511. The number of carbonyl (C=O) groups is 1. The number of rotatable bonds is 5. The molecule has 104 valence electrons. The minimum absolute atomic E-state index is 0.465. The fourth-order valence-corrected chi connectivity index (χ4v) is 2.75. The van der Waals surface area contributed by atoms with Gasteiger partial charge in [-0.05, 0) is 44.5 Å². The number of methoxy groups -OCH3 is 1. The van der Waals surface area contributed by atoms with Crippen molar-refractivity contribution in [3.63, 3.8) is 0 Å². The van der Waals surface area contributed by atoms with E-state index in [4.69, 9.17) is 4.74 Å². The lowest BCUT2D eigenvalue weighted by molar-refractivity contribution is -0.149. The van der Waals surface area contributed by atoms with E-state index in [9.17, 15) is 9.90 Å². The molecule has 19 heavy (non-hydrogen) atoms. The van der Waals surface area contributed by atoms with Crippen molar-refractivity contribution in [1.82, 2.24) is 4.90 Å². The molecule has 0 saturated carbocycles. The molecular weight excluding hydrogens is 242 g/mol. The van der Waals surface area contributed by atoms with Crippen LogP contribution in [0.4, 0.5) is 0 Å². The quantitative estimate of drug-likeness (QED) is 0.884. The molecule has 0 spiro atoms. The van der Waals surface area contributed by atoms with E-state index in [2.05, 4.69) is 4.90 Å². The van der Waals surface area contributed by atoms with Crippen molar-refractivity contribution in [3.8, 4) is 5.75 Å². The van der Waals surface area contributed by atoms with Gasteiger partial charge in [0.1, 0.15) is 11.3 Å². The number of carboxylic acid groups (broad SMARTS) is 1. The van der Waals surface area contributed by atoms with E-state index >= 15 is 0 Å². The zero-order valence-electron chi connectivity index (χ0n) is 11.6. The van der Waals surface area contributed by atoms with Gasteiger partial charge in [0.15, 0.2) is 0 Å². The summed E-state index contributed by atoms with van der Waals surface area (Å²) in [6.45, 7) is 3.53. The molecule has 1 unspecified atom stereocenters. The third-order valence-corrected chi connectivity index (χ3v) is 3.99. The Labute approximate surface area is 114 Å². The van der Waals surface area contributed by atoms with Gasteiger partial charge in [0.2, 0.25) is 0 Å². The predicted molar refractivity (Wildman–Crippen MR) is 73.5 cm³/mol. The molecule has 4 nitrogen and oxygen atoms in total. The number of para-hydroxylation sites is 1. The molecule has 1 N–H and O–H groups in total. The van der Waals surface area contributed by atoms with Gasteiger partial charge in [0, 0.05) is 6.42 Å². The highest BCUT2D eigenvalue weighted by Crippen LogP contribution is 2.29. The first-order valence-electron chi connectivity index (χ1n) is 6.68. The summed E-state index contributed by atoms with van der Waals surface area (Å²) in [5.41, 5.74) is 0.0901. The van der Waals surface area contributed by atoms with Gasteiger partial charge < -0.3 is 9.84 Å². The summed E-state index contributed by atoms with van der Waals surface area (Å²) in [6, 6.07) is 7.64. The van der Waals surface area contributed by atoms with E-state index in [1.54, 1.807) is 7.11 Å². The number of nitrogens with zero attached hydrogens (tertiary/aromatic N) is 1. The average molecular weight is 263 g/mol. The Morgan fingerprint density at radius 2 is 2.00 bits per heavy atom. The standard InChI is InChI=1S/C15H21NO3/c1-15(14(17)18,16-9-5-6-10-16)11-12-7-3-4-8-13(12)19-2/h3-4,7-8H,5-6,9-11H2,1-2H3,(H,17,18). The normalized spacial score (nSPS) is 19.1. The van der Waals surface area contributed by atoms with E-state index in [0.29, 0.717) is 6.42 Å². The van der Waals surface area contributed by atoms with E-state index in [1.807, 2.05) is 31.2 Å². The van der Waals surface area contributed by atoms with Gasteiger partial charge in [-0.1, -0.05) is 18.2 Å². The first-order valence-corrected chi connectivity index (χ1v) is 6.68. The van der Waals surface area contributed by atoms with Crippen molar-refractivity contribution in [2.24, 2.45) is 0 Å². The Bertz CT molecular complexity index is 454. The summed E-state index contributed by atoms with van der Waals surface area (Å²) < 4.78 is 5.32. The molecule has 4 heteroatoms. The fraction of sp³-hybridized carbons (Fsp3) is 0.533. The minimum Gasteiger partial charge on any atom is -0.496 e. The lowest BCUT2D eigenvalue weighted by atomic mass is 9.90. The van der Waals surface area contributed by atoms with Gasteiger partial charge in [-0.25, -0.2) is 0 Å². The van der Waals surface area contributed by atoms with Crippen LogP contribution in [-0.2, 0) is 11.2 Å². The maximum absolute atomic E-state index is 11.7. The molecule has 0 radical (unpaired) electrons. The second-order valence-corrected chi connectivity index (χ2v) is 5.26. The maximum atomic E-state index is 11.7. The van der Waals surface area contributed by atoms with Crippen LogP contribution in [0.3, 0.4) is 0 Å². The van der Waals surface area contributed by atoms with Crippen molar-refractivity contribution in [3.05, 3.63) is 29.8 Å².